The van der Waals surface area contributed by atoms with Crippen LogP contribution in [-0.2, 0) is 11.3 Å². The van der Waals surface area contributed by atoms with E-state index in [1.54, 1.807) is 16.8 Å². The molecule has 1 unspecified atom stereocenters. The predicted octanol–water partition coefficient (Wildman–Crippen LogP) is 3.80. The van der Waals surface area contributed by atoms with Gasteiger partial charge in [0.2, 0.25) is 11.1 Å². The Labute approximate surface area is 160 Å². The van der Waals surface area contributed by atoms with Crippen LogP contribution < -0.4 is 5.32 Å². The summed E-state index contributed by atoms with van der Waals surface area (Å²) < 4.78 is 1.69. The van der Waals surface area contributed by atoms with Crippen LogP contribution >= 0.6 is 23.4 Å². The second-order valence-corrected chi connectivity index (χ2v) is 7.56. The summed E-state index contributed by atoms with van der Waals surface area (Å²) in [4.78, 5) is 12.5. The molecule has 0 spiro atoms. The second-order valence-electron chi connectivity index (χ2n) is 5.81. The van der Waals surface area contributed by atoms with Crippen LogP contribution in [0.25, 0.3) is 0 Å². The lowest BCUT2D eigenvalue weighted by molar-refractivity contribution is -0.115. The molecule has 1 aromatic heterocycles. The molecule has 0 saturated carbocycles. The van der Waals surface area contributed by atoms with Gasteiger partial charge in [-0.05, 0) is 47.5 Å². The van der Waals surface area contributed by atoms with Crippen LogP contribution in [0.3, 0.4) is 0 Å². The van der Waals surface area contributed by atoms with Crippen LogP contribution in [0.5, 0.6) is 0 Å². The first-order chi connectivity index (χ1) is 12.5. The van der Waals surface area contributed by atoms with Gasteiger partial charge in [-0.15, -0.1) is 5.10 Å². The SMILES string of the molecule is Cc1ccc(Cl)cc1NC(=O)C(C)Sc1nnnn1Cc1ccccc1. The van der Waals surface area contributed by atoms with E-state index in [0.717, 1.165) is 11.1 Å². The third kappa shape index (κ3) is 4.62. The van der Waals surface area contributed by atoms with E-state index in [0.29, 0.717) is 22.4 Å². The van der Waals surface area contributed by atoms with Crippen molar-refractivity contribution in [1.29, 1.82) is 0 Å². The molecule has 26 heavy (non-hydrogen) atoms. The van der Waals surface area contributed by atoms with Crippen LogP contribution in [-0.4, -0.2) is 31.4 Å². The average Bonchev–Trinajstić information content (AvgIpc) is 3.05. The molecule has 3 aromatic rings. The molecule has 0 aliphatic rings. The predicted molar refractivity (Wildman–Crippen MR) is 103 cm³/mol. The number of nitrogens with zero attached hydrogens (tertiary/aromatic N) is 4. The van der Waals surface area contributed by atoms with Crippen LogP contribution in [0.4, 0.5) is 5.69 Å². The first kappa shape index (κ1) is 18.4. The quantitative estimate of drug-likeness (QED) is 0.651. The molecular formula is C18H18ClN5OS. The molecule has 1 atom stereocenters. The molecule has 0 radical (unpaired) electrons. The van der Waals surface area contributed by atoms with Gasteiger partial charge in [-0.3, -0.25) is 4.79 Å². The van der Waals surface area contributed by atoms with E-state index < -0.39 is 0 Å². The van der Waals surface area contributed by atoms with E-state index >= 15 is 0 Å². The van der Waals surface area contributed by atoms with Gasteiger partial charge in [-0.25, -0.2) is 4.68 Å². The molecule has 0 saturated heterocycles. The standard InChI is InChI=1S/C18H18ClN5OS/c1-12-8-9-15(19)10-16(12)20-17(25)13(2)26-18-21-22-23-24(18)11-14-6-4-3-5-7-14/h3-10,13H,11H2,1-2H3,(H,20,25). The van der Waals surface area contributed by atoms with Gasteiger partial charge in [0, 0.05) is 10.7 Å². The molecule has 2 aromatic carbocycles. The Morgan fingerprint density at radius 2 is 2.04 bits per heavy atom. The fraction of sp³-hybridized carbons (Fsp3) is 0.222. The second kappa shape index (κ2) is 8.33. The Bertz CT molecular complexity index is 900. The highest BCUT2D eigenvalue weighted by Crippen LogP contribution is 2.24. The van der Waals surface area contributed by atoms with Crippen molar-refractivity contribution in [3.05, 3.63) is 64.7 Å². The van der Waals surface area contributed by atoms with Gasteiger partial charge >= 0.3 is 0 Å². The summed E-state index contributed by atoms with van der Waals surface area (Å²) in [5.74, 6) is -0.130. The number of carbonyl (C=O) groups excluding carboxylic acids is 1. The maximum atomic E-state index is 12.5. The molecule has 1 N–H and O–H groups in total. The number of hydrogen-bond acceptors (Lipinski definition) is 5. The van der Waals surface area contributed by atoms with E-state index in [-0.39, 0.29) is 11.2 Å². The van der Waals surface area contributed by atoms with Crippen molar-refractivity contribution >= 4 is 35.0 Å². The molecule has 1 amide bonds. The zero-order valence-electron chi connectivity index (χ0n) is 14.4. The number of amides is 1. The van der Waals surface area contributed by atoms with Crippen molar-refractivity contribution in [2.24, 2.45) is 0 Å². The van der Waals surface area contributed by atoms with E-state index in [1.807, 2.05) is 50.2 Å². The van der Waals surface area contributed by atoms with Crippen molar-refractivity contribution < 1.29 is 4.79 Å². The number of aromatic nitrogens is 4. The molecule has 8 heteroatoms. The van der Waals surface area contributed by atoms with Gasteiger partial charge in [0.25, 0.3) is 0 Å². The number of halogens is 1. The Morgan fingerprint density at radius 3 is 2.81 bits per heavy atom. The zero-order chi connectivity index (χ0) is 18.5. The Balaban J connectivity index is 1.66. The molecule has 0 aliphatic heterocycles. The van der Waals surface area contributed by atoms with Crippen LogP contribution in [0.15, 0.2) is 53.7 Å². The minimum atomic E-state index is -0.367. The van der Waals surface area contributed by atoms with Crippen molar-refractivity contribution in [2.45, 2.75) is 30.8 Å². The molecular weight excluding hydrogens is 370 g/mol. The third-order valence-electron chi connectivity index (χ3n) is 3.78. The van der Waals surface area contributed by atoms with Crippen LogP contribution in [0.1, 0.15) is 18.1 Å². The van der Waals surface area contributed by atoms with E-state index in [2.05, 4.69) is 20.8 Å². The smallest absolute Gasteiger partial charge is 0.237 e. The Morgan fingerprint density at radius 1 is 1.27 bits per heavy atom. The van der Waals surface area contributed by atoms with Gasteiger partial charge in [-0.1, -0.05) is 59.8 Å². The fourth-order valence-electron chi connectivity index (χ4n) is 2.31. The summed E-state index contributed by atoms with van der Waals surface area (Å²) >= 11 is 7.32. The highest BCUT2D eigenvalue weighted by Gasteiger charge is 2.19. The molecule has 0 aliphatic carbocycles. The summed E-state index contributed by atoms with van der Waals surface area (Å²) in [5.41, 5.74) is 2.75. The van der Waals surface area contributed by atoms with Gasteiger partial charge in [0.1, 0.15) is 0 Å². The largest absolute Gasteiger partial charge is 0.325 e. The van der Waals surface area contributed by atoms with Crippen molar-refractivity contribution in [2.75, 3.05) is 5.32 Å². The number of hydrogen-bond donors (Lipinski definition) is 1. The number of carbonyl (C=O) groups is 1. The number of benzene rings is 2. The normalized spacial score (nSPS) is 12.0. The van der Waals surface area contributed by atoms with Gasteiger partial charge < -0.3 is 5.32 Å². The van der Waals surface area contributed by atoms with Gasteiger partial charge in [-0.2, -0.15) is 0 Å². The Hall–Kier alpha value is -2.38. The summed E-state index contributed by atoms with van der Waals surface area (Å²) in [7, 11) is 0. The third-order valence-corrected chi connectivity index (χ3v) is 5.09. The molecule has 1 heterocycles. The van der Waals surface area contributed by atoms with E-state index in [4.69, 9.17) is 11.6 Å². The highest BCUT2D eigenvalue weighted by molar-refractivity contribution is 8.00. The number of thioether (sulfide) groups is 1. The molecule has 0 fully saturated rings. The van der Waals surface area contributed by atoms with Crippen molar-refractivity contribution in [3.63, 3.8) is 0 Å². The lowest BCUT2D eigenvalue weighted by atomic mass is 10.2. The number of aryl methyl sites for hydroxylation is 1. The maximum absolute atomic E-state index is 12.5. The summed E-state index contributed by atoms with van der Waals surface area (Å²) in [6, 6.07) is 15.3. The monoisotopic (exact) mass is 387 g/mol. The van der Waals surface area contributed by atoms with Crippen LogP contribution in [0.2, 0.25) is 5.02 Å². The Kier molecular flexibility index (Phi) is 5.90. The maximum Gasteiger partial charge on any atom is 0.237 e. The minimum Gasteiger partial charge on any atom is -0.325 e. The zero-order valence-corrected chi connectivity index (χ0v) is 16.0. The van der Waals surface area contributed by atoms with Gasteiger partial charge in [0.05, 0.1) is 11.8 Å². The summed E-state index contributed by atoms with van der Waals surface area (Å²) in [6.45, 7) is 4.30. The van der Waals surface area contributed by atoms with E-state index in [1.165, 1.54) is 11.8 Å². The van der Waals surface area contributed by atoms with E-state index in [9.17, 15) is 4.79 Å². The average molecular weight is 388 g/mol. The highest BCUT2D eigenvalue weighted by atomic mass is 35.5. The topological polar surface area (TPSA) is 72.7 Å². The molecule has 0 bridgehead atoms. The number of rotatable bonds is 6. The molecule has 6 nitrogen and oxygen atoms in total. The van der Waals surface area contributed by atoms with Gasteiger partial charge in [0.15, 0.2) is 0 Å². The van der Waals surface area contributed by atoms with Crippen molar-refractivity contribution in [1.82, 2.24) is 20.2 Å². The lowest BCUT2D eigenvalue weighted by Gasteiger charge is -2.13. The number of nitrogens with one attached hydrogen (secondary N) is 1. The summed E-state index contributed by atoms with van der Waals surface area (Å²) in [5, 5.41) is 15.5. The van der Waals surface area contributed by atoms with Crippen molar-refractivity contribution in [3.8, 4) is 0 Å². The number of anilines is 1. The molecule has 3 rings (SSSR count). The first-order valence-corrected chi connectivity index (χ1v) is 9.32. The number of tetrazole rings is 1. The molecule has 134 valence electrons. The minimum absolute atomic E-state index is 0.130. The lowest BCUT2D eigenvalue weighted by Crippen LogP contribution is -2.23. The first-order valence-electron chi connectivity index (χ1n) is 8.06. The summed E-state index contributed by atoms with van der Waals surface area (Å²) in [6.07, 6.45) is 0. The fourth-order valence-corrected chi connectivity index (χ4v) is 3.27. The van der Waals surface area contributed by atoms with Crippen LogP contribution in [0, 0.1) is 6.92 Å².